The Morgan fingerprint density at radius 3 is 2.84 bits per heavy atom. The lowest BCUT2D eigenvalue weighted by Gasteiger charge is -2.17. The summed E-state index contributed by atoms with van der Waals surface area (Å²) >= 11 is 5.99. The number of benzene rings is 1. The number of aromatic carboxylic acids is 1. The number of carboxylic acid groups (broad SMARTS) is 1. The van der Waals surface area contributed by atoms with Gasteiger partial charge in [-0.1, -0.05) is 11.6 Å². The third-order valence-corrected chi connectivity index (χ3v) is 3.44. The van der Waals surface area contributed by atoms with Gasteiger partial charge in [-0.15, -0.1) is 0 Å². The summed E-state index contributed by atoms with van der Waals surface area (Å²) in [7, 11) is 2.03. The minimum Gasteiger partial charge on any atom is -0.490 e. The van der Waals surface area contributed by atoms with Crippen LogP contribution in [0.2, 0.25) is 5.02 Å². The summed E-state index contributed by atoms with van der Waals surface area (Å²) in [5, 5.41) is 9.34. The van der Waals surface area contributed by atoms with Crippen molar-refractivity contribution in [3.63, 3.8) is 0 Å². The third-order valence-electron chi connectivity index (χ3n) is 3.16. The molecule has 2 rings (SSSR count). The lowest BCUT2D eigenvalue weighted by Crippen LogP contribution is -2.26. The predicted molar refractivity (Wildman–Crippen MR) is 74.0 cm³/mol. The van der Waals surface area contributed by atoms with E-state index >= 15 is 0 Å². The molecule has 1 aliphatic rings. The fourth-order valence-electron chi connectivity index (χ4n) is 1.91. The van der Waals surface area contributed by atoms with Crippen LogP contribution in [0.25, 0.3) is 0 Å². The zero-order valence-corrected chi connectivity index (χ0v) is 11.5. The maximum atomic E-state index is 11.1. The lowest BCUT2D eigenvalue weighted by atomic mass is 10.2. The van der Waals surface area contributed by atoms with Crippen molar-refractivity contribution in [1.82, 2.24) is 4.90 Å². The Labute approximate surface area is 116 Å². The number of nitrogen functional groups attached to an aromatic ring is 1. The number of nitrogens with zero attached hydrogens (tertiary/aromatic N) is 1. The zero-order valence-electron chi connectivity index (χ0n) is 10.7. The number of rotatable bonds is 6. The fraction of sp³-hybridized carbons (Fsp3) is 0.462. The van der Waals surface area contributed by atoms with Crippen molar-refractivity contribution in [2.75, 3.05) is 25.9 Å². The highest BCUT2D eigenvalue weighted by Gasteiger charge is 2.25. The van der Waals surface area contributed by atoms with Crippen molar-refractivity contribution in [2.45, 2.75) is 18.9 Å². The van der Waals surface area contributed by atoms with Gasteiger partial charge in [0.2, 0.25) is 0 Å². The van der Waals surface area contributed by atoms with Crippen molar-refractivity contribution in [1.29, 1.82) is 0 Å². The second-order valence-electron chi connectivity index (χ2n) is 4.74. The van der Waals surface area contributed by atoms with E-state index in [0.717, 1.165) is 6.54 Å². The summed E-state index contributed by atoms with van der Waals surface area (Å²) in [4.78, 5) is 13.3. The van der Waals surface area contributed by atoms with Crippen LogP contribution in [0.3, 0.4) is 0 Å². The molecule has 0 aromatic heterocycles. The molecule has 0 radical (unpaired) electrons. The molecule has 0 heterocycles. The zero-order chi connectivity index (χ0) is 14.0. The Morgan fingerprint density at radius 1 is 1.58 bits per heavy atom. The number of halogens is 1. The van der Waals surface area contributed by atoms with Gasteiger partial charge in [0.1, 0.15) is 12.2 Å². The van der Waals surface area contributed by atoms with Crippen LogP contribution in [0.5, 0.6) is 5.75 Å². The molecule has 0 amide bonds. The monoisotopic (exact) mass is 284 g/mol. The van der Waals surface area contributed by atoms with Crippen LogP contribution in [0.15, 0.2) is 12.1 Å². The van der Waals surface area contributed by atoms with E-state index in [1.807, 2.05) is 7.05 Å². The molecule has 1 fully saturated rings. The summed E-state index contributed by atoms with van der Waals surface area (Å²) in [6.45, 7) is 1.14. The highest BCUT2D eigenvalue weighted by Crippen LogP contribution is 2.32. The van der Waals surface area contributed by atoms with Crippen molar-refractivity contribution in [3.8, 4) is 5.75 Å². The first-order chi connectivity index (χ1) is 8.99. The Kier molecular flexibility index (Phi) is 4.17. The van der Waals surface area contributed by atoms with E-state index in [2.05, 4.69) is 4.90 Å². The number of likely N-dealkylation sites (N-methyl/N-ethyl adjacent to an activating group) is 1. The van der Waals surface area contributed by atoms with E-state index in [1.54, 1.807) is 0 Å². The van der Waals surface area contributed by atoms with E-state index in [0.29, 0.717) is 18.3 Å². The van der Waals surface area contributed by atoms with Crippen LogP contribution in [-0.4, -0.2) is 42.2 Å². The molecule has 6 heteroatoms. The van der Waals surface area contributed by atoms with Gasteiger partial charge in [-0.05, 0) is 32.0 Å². The molecule has 1 aromatic carbocycles. The highest BCUT2D eigenvalue weighted by atomic mass is 35.5. The average molecular weight is 285 g/mol. The van der Waals surface area contributed by atoms with Gasteiger partial charge in [0.15, 0.2) is 5.75 Å². The number of anilines is 1. The van der Waals surface area contributed by atoms with Gasteiger partial charge in [0.25, 0.3) is 0 Å². The number of nitrogens with two attached hydrogens (primary N) is 1. The largest absolute Gasteiger partial charge is 0.490 e. The molecule has 3 N–H and O–H groups in total. The Hall–Kier alpha value is -1.46. The minimum absolute atomic E-state index is 0.000856. The topological polar surface area (TPSA) is 75.8 Å². The van der Waals surface area contributed by atoms with Crippen LogP contribution in [0, 0.1) is 0 Å². The van der Waals surface area contributed by atoms with Gasteiger partial charge < -0.3 is 20.5 Å². The average Bonchev–Trinajstić information content (AvgIpc) is 3.14. The molecule has 19 heavy (non-hydrogen) atoms. The molecular weight excluding hydrogens is 268 g/mol. The molecule has 0 atom stereocenters. The van der Waals surface area contributed by atoms with Crippen molar-refractivity contribution in [3.05, 3.63) is 22.7 Å². The van der Waals surface area contributed by atoms with E-state index < -0.39 is 5.97 Å². The van der Waals surface area contributed by atoms with Crippen LogP contribution in [0.4, 0.5) is 5.69 Å². The van der Waals surface area contributed by atoms with E-state index in [9.17, 15) is 4.79 Å². The SMILES string of the molecule is CN(CCOc1c(Cl)cc(N)cc1C(=O)O)C1CC1. The molecule has 0 unspecified atom stereocenters. The number of carbonyl (C=O) groups is 1. The Bertz CT molecular complexity index is 489. The van der Waals surface area contributed by atoms with Crippen LogP contribution in [-0.2, 0) is 0 Å². The molecule has 1 saturated carbocycles. The molecule has 0 saturated heterocycles. The predicted octanol–water partition coefficient (Wildman–Crippen LogP) is 2.09. The molecule has 5 nitrogen and oxygen atoms in total. The summed E-state index contributed by atoms with van der Waals surface area (Å²) in [5.41, 5.74) is 5.89. The molecule has 1 aliphatic carbocycles. The van der Waals surface area contributed by atoms with Crippen LogP contribution in [0.1, 0.15) is 23.2 Å². The third kappa shape index (κ3) is 3.52. The smallest absolute Gasteiger partial charge is 0.339 e. The summed E-state index contributed by atoms with van der Waals surface area (Å²) < 4.78 is 5.52. The van der Waals surface area contributed by atoms with Crippen LogP contribution < -0.4 is 10.5 Å². The van der Waals surface area contributed by atoms with Crippen LogP contribution >= 0.6 is 11.6 Å². The first kappa shape index (κ1) is 14.0. The standard InChI is InChI=1S/C13H17ClN2O3/c1-16(9-2-3-9)4-5-19-12-10(13(17)18)6-8(15)7-11(12)14/h6-7,9H,2-5,15H2,1H3,(H,17,18). The van der Waals surface area contributed by atoms with E-state index in [4.69, 9.17) is 27.2 Å². The summed E-state index contributed by atoms with van der Waals surface area (Å²) in [6.07, 6.45) is 2.44. The molecule has 1 aromatic rings. The van der Waals surface area contributed by atoms with E-state index in [1.165, 1.54) is 25.0 Å². The second kappa shape index (κ2) is 5.67. The first-order valence-corrected chi connectivity index (χ1v) is 6.52. The van der Waals surface area contributed by atoms with Gasteiger partial charge in [-0.3, -0.25) is 0 Å². The highest BCUT2D eigenvalue weighted by molar-refractivity contribution is 6.33. The summed E-state index contributed by atoms with van der Waals surface area (Å²) in [6, 6.07) is 3.49. The lowest BCUT2D eigenvalue weighted by molar-refractivity contribution is 0.0691. The fourth-order valence-corrected chi connectivity index (χ4v) is 2.19. The number of hydrogen-bond acceptors (Lipinski definition) is 4. The maximum absolute atomic E-state index is 11.1. The molecule has 104 valence electrons. The Balaban J connectivity index is 2.03. The number of carboxylic acids is 1. The molecule has 0 bridgehead atoms. The molecular formula is C13H17ClN2O3. The van der Waals surface area contributed by atoms with E-state index in [-0.39, 0.29) is 16.3 Å². The second-order valence-corrected chi connectivity index (χ2v) is 5.15. The van der Waals surface area contributed by atoms with Crippen molar-refractivity contribution in [2.24, 2.45) is 0 Å². The number of hydrogen-bond donors (Lipinski definition) is 2. The molecule has 0 aliphatic heterocycles. The maximum Gasteiger partial charge on any atom is 0.339 e. The Morgan fingerprint density at radius 2 is 2.26 bits per heavy atom. The van der Waals surface area contributed by atoms with Gasteiger partial charge in [0.05, 0.1) is 5.02 Å². The van der Waals surface area contributed by atoms with Crippen molar-refractivity contribution < 1.29 is 14.6 Å². The quantitative estimate of drug-likeness (QED) is 0.782. The summed E-state index contributed by atoms with van der Waals surface area (Å²) in [5.74, 6) is -0.910. The van der Waals surface area contributed by atoms with Gasteiger partial charge in [-0.2, -0.15) is 0 Å². The van der Waals surface area contributed by atoms with Gasteiger partial charge in [-0.25, -0.2) is 4.79 Å². The number of ether oxygens (including phenoxy) is 1. The first-order valence-electron chi connectivity index (χ1n) is 6.14. The molecule has 0 spiro atoms. The van der Waals surface area contributed by atoms with Gasteiger partial charge in [0, 0.05) is 18.3 Å². The minimum atomic E-state index is -1.10. The normalized spacial score (nSPS) is 14.7. The van der Waals surface area contributed by atoms with Gasteiger partial charge >= 0.3 is 5.97 Å². The van der Waals surface area contributed by atoms with Crippen molar-refractivity contribution >= 4 is 23.3 Å².